The normalized spacial score (nSPS) is 22.6. The Morgan fingerprint density at radius 3 is 2.57 bits per heavy atom. The highest BCUT2D eigenvalue weighted by atomic mass is 16.3. The highest BCUT2D eigenvalue weighted by Gasteiger charge is 2.33. The SMILES string of the molecule is CC(=O)Nc1ccccc1N1CCN(C2Cc3cc(N)ccc3CC2O)CC1. The van der Waals surface area contributed by atoms with E-state index in [1.54, 1.807) is 0 Å². The molecular formula is C22H28N4O2. The fourth-order valence-corrected chi connectivity index (χ4v) is 4.47. The molecule has 1 amide bonds. The highest BCUT2D eigenvalue weighted by Crippen LogP contribution is 2.30. The van der Waals surface area contributed by atoms with Gasteiger partial charge in [0, 0.05) is 51.3 Å². The van der Waals surface area contributed by atoms with Crippen molar-refractivity contribution in [2.45, 2.75) is 31.9 Å². The third kappa shape index (κ3) is 3.84. The third-order valence-corrected chi connectivity index (χ3v) is 5.87. The number of anilines is 3. The van der Waals surface area contributed by atoms with Crippen molar-refractivity contribution in [3.8, 4) is 0 Å². The summed E-state index contributed by atoms with van der Waals surface area (Å²) in [6, 6.07) is 14.1. The number of amides is 1. The number of para-hydroxylation sites is 2. The van der Waals surface area contributed by atoms with Crippen molar-refractivity contribution in [1.29, 1.82) is 0 Å². The van der Waals surface area contributed by atoms with Crippen LogP contribution in [0.3, 0.4) is 0 Å². The fourth-order valence-electron chi connectivity index (χ4n) is 4.47. The van der Waals surface area contributed by atoms with Crippen LogP contribution in [0.1, 0.15) is 18.1 Å². The molecule has 148 valence electrons. The highest BCUT2D eigenvalue weighted by molar-refractivity contribution is 5.92. The van der Waals surface area contributed by atoms with E-state index in [0.717, 1.165) is 49.7 Å². The van der Waals surface area contributed by atoms with Gasteiger partial charge in [-0.15, -0.1) is 0 Å². The number of nitrogens with zero attached hydrogens (tertiary/aromatic N) is 2. The quantitative estimate of drug-likeness (QED) is 0.709. The minimum absolute atomic E-state index is 0.0608. The maximum Gasteiger partial charge on any atom is 0.221 e. The van der Waals surface area contributed by atoms with E-state index in [1.807, 2.05) is 36.4 Å². The molecule has 6 heteroatoms. The van der Waals surface area contributed by atoms with Crippen molar-refractivity contribution in [1.82, 2.24) is 4.90 Å². The second kappa shape index (κ2) is 7.81. The topological polar surface area (TPSA) is 81.8 Å². The summed E-state index contributed by atoms with van der Waals surface area (Å²) in [7, 11) is 0. The molecule has 0 bridgehead atoms. The van der Waals surface area contributed by atoms with Crippen LogP contribution in [0, 0.1) is 0 Å². The van der Waals surface area contributed by atoms with E-state index in [-0.39, 0.29) is 18.1 Å². The number of aliphatic hydroxyl groups is 1. The molecule has 4 N–H and O–H groups in total. The van der Waals surface area contributed by atoms with E-state index in [9.17, 15) is 9.90 Å². The summed E-state index contributed by atoms with van der Waals surface area (Å²) in [5.74, 6) is -0.0608. The summed E-state index contributed by atoms with van der Waals surface area (Å²) in [6.07, 6.45) is 1.17. The first-order chi connectivity index (χ1) is 13.5. The van der Waals surface area contributed by atoms with Crippen LogP contribution in [-0.4, -0.2) is 54.2 Å². The Labute approximate surface area is 165 Å². The fraction of sp³-hybridized carbons (Fsp3) is 0.409. The monoisotopic (exact) mass is 380 g/mol. The van der Waals surface area contributed by atoms with E-state index >= 15 is 0 Å². The van der Waals surface area contributed by atoms with Crippen molar-refractivity contribution < 1.29 is 9.90 Å². The molecule has 0 saturated carbocycles. The molecule has 0 radical (unpaired) electrons. The molecular weight excluding hydrogens is 352 g/mol. The lowest BCUT2D eigenvalue weighted by Crippen LogP contribution is -2.56. The summed E-state index contributed by atoms with van der Waals surface area (Å²) in [6.45, 7) is 5.03. The average Bonchev–Trinajstić information content (AvgIpc) is 2.68. The number of nitrogen functional groups attached to an aromatic ring is 1. The van der Waals surface area contributed by atoms with Crippen molar-refractivity contribution in [2.75, 3.05) is 42.1 Å². The lowest BCUT2D eigenvalue weighted by atomic mass is 9.85. The Hall–Kier alpha value is -2.57. The molecule has 0 spiro atoms. The van der Waals surface area contributed by atoms with Gasteiger partial charge in [-0.3, -0.25) is 9.69 Å². The van der Waals surface area contributed by atoms with Crippen LogP contribution in [0.4, 0.5) is 17.1 Å². The molecule has 1 aliphatic carbocycles. The van der Waals surface area contributed by atoms with Gasteiger partial charge in [0.1, 0.15) is 0 Å². The lowest BCUT2D eigenvalue weighted by molar-refractivity contribution is -0.114. The average molecular weight is 380 g/mol. The molecule has 0 aromatic heterocycles. The zero-order valence-corrected chi connectivity index (χ0v) is 16.3. The van der Waals surface area contributed by atoms with Crippen molar-refractivity contribution in [3.05, 3.63) is 53.6 Å². The second-order valence-corrected chi connectivity index (χ2v) is 7.79. The zero-order chi connectivity index (χ0) is 19.7. The molecule has 2 aromatic carbocycles. The van der Waals surface area contributed by atoms with Crippen LogP contribution >= 0.6 is 0 Å². The molecule has 2 atom stereocenters. The van der Waals surface area contributed by atoms with Crippen LogP contribution in [0.15, 0.2) is 42.5 Å². The predicted octanol–water partition coefficient (Wildman–Crippen LogP) is 1.88. The van der Waals surface area contributed by atoms with E-state index in [0.29, 0.717) is 6.42 Å². The van der Waals surface area contributed by atoms with Gasteiger partial charge >= 0.3 is 0 Å². The number of carbonyl (C=O) groups excluding carboxylic acids is 1. The molecule has 1 heterocycles. The maximum absolute atomic E-state index is 11.5. The zero-order valence-electron chi connectivity index (χ0n) is 16.3. The molecule has 1 aliphatic heterocycles. The summed E-state index contributed by atoms with van der Waals surface area (Å²) in [5, 5.41) is 13.7. The summed E-state index contributed by atoms with van der Waals surface area (Å²) in [4.78, 5) is 16.2. The van der Waals surface area contributed by atoms with Gasteiger partial charge in [0.2, 0.25) is 5.91 Å². The first-order valence-corrected chi connectivity index (χ1v) is 9.92. The Kier molecular flexibility index (Phi) is 5.24. The molecule has 28 heavy (non-hydrogen) atoms. The number of piperazine rings is 1. The minimum atomic E-state index is -0.352. The molecule has 1 fully saturated rings. The molecule has 2 aromatic rings. The first kappa shape index (κ1) is 18.8. The largest absolute Gasteiger partial charge is 0.399 e. The van der Waals surface area contributed by atoms with E-state index < -0.39 is 0 Å². The molecule has 4 rings (SSSR count). The Balaban J connectivity index is 1.44. The number of fused-ring (bicyclic) bond motifs is 1. The number of carbonyl (C=O) groups is 1. The van der Waals surface area contributed by atoms with Gasteiger partial charge in [0.05, 0.1) is 17.5 Å². The van der Waals surface area contributed by atoms with Crippen molar-refractivity contribution in [2.24, 2.45) is 0 Å². The minimum Gasteiger partial charge on any atom is -0.399 e. The lowest BCUT2D eigenvalue weighted by Gasteiger charge is -2.44. The number of benzene rings is 2. The summed E-state index contributed by atoms with van der Waals surface area (Å²) in [5.41, 5.74) is 11.1. The van der Waals surface area contributed by atoms with Crippen molar-refractivity contribution >= 4 is 23.0 Å². The third-order valence-electron chi connectivity index (χ3n) is 5.87. The smallest absolute Gasteiger partial charge is 0.221 e. The number of nitrogens with one attached hydrogen (secondary N) is 1. The van der Waals surface area contributed by atoms with Gasteiger partial charge in [-0.25, -0.2) is 0 Å². The Bertz CT molecular complexity index is 861. The molecule has 2 aliphatic rings. The van der Waals surface area contributed by atoms with Gasteiger partial charge in [0.15, 0.2) is 0 Å². The van der Waals surface area contributed by atoms with Gasteiger partial charge in [-0.05, 0) is 41.8 Å². The number of hydrogen-bond acceptors (Lipinski definition) is 5. The number of aliphatic hydroxyl groups excluding tert-OH is 1. The van der Waals surface area contributed by atoms with Crippen LogP contribution in [-0.2, 0) is 17.6 Å². The van der Waals surface area contributed by atoms with Gasteiger partial charge in [-0.1, -0.05) is 18.2 Å². The number of hydrogen-bond donors (Lipinski definition) is 3. The van der Waals surface area contributed by atoms with Crippen LogP contribution in [0.5, 0.6) is 0 Å². The molecule has 6 nitrogen and oxygen atoms in total. The Morgan fingerprint density at radius 1 is 1.07 bits per heavy atom. The molecule has 1 saturated heterocycles. The molecule has 2 unspecified atom stereocenters. The standard InChI is InChI=1S/C22H28N4O2/c1-15(27)24-19-4-2-3-5-20(19)25-8-10-26(11-9-25)21-13-17-12-18(23)7-6-16(17)14-22(21)28/h2-7,12,21-22,28H,8-11,13-14,23H2,1H3,(H,24,27). The first-order valence-electron chi connectivity index (χ1n) is 9.92. The maximum atomic E-state index is 11.5. The Morgan fingerprint density at radius 2 is 1.82 bits per heavy atom. The van der Waals surface area contributed by atoms with E-state index in [2.05, 4.69) is 21.2 Å². The van der Waals surface area contributed by atoms with E-state index in [4.69, 9.17) is 5.73 Å². The van der Waals surface area contributed by atoms with E-state index in [1.165, 1.54) is 18.1 Å². The summed E-state index contributed by atoms with van der Waals surface area (Å²) >= 11 is 0. The van der Waals surface area contributed by atoms with Gasteiger partial charge in [0.25, 0.3) is 0 Å². The number of rotatable bonds is 3. The van der Waals surface area contributed by atoms with Crippen LogP contribution < -0.4 is 16.0 Å². The second-order valence-electron chi connectivity index (χ2n) is 7.79. The van der Waals surface area contributed by atoms with Gasteiger partial charge in [-0.2, -0.15) is 0 Å². The predicted molar refractivity (Wildman–Crippen MR) is 113 cm³/mol. The van der Waals surface area contributed by atoms with Gasteiger partial charge < -0.3 is 21.1 Å². The van der Waals surface area contributed by atoms with Crippen LogP contribution in [0.2, 0.25) is 0 Å². The number of nitrogens with two attached hydrogens (primary N) is 1. The van der Waals surface area contributed by atoms with Crippen molar-refractivity contribution in [3.63, 3.8) is 0 Å². The summed E-state index contributed by atoms with van der Waals surface area (Å²) < 4.78 is 0. The van der Waals surface area contributed by atoms with Crippen LogP contribution in [0.25, 0.3) is 0 Å².